The maximum atomic E-state index is 7.28. The molecule has 0 fully saturated rings. The number of hydrogen-bond donors (Lipinski definition) is 0. The predicted molar refractivity (Wildman–Crippen MR) is 323 cm³/mol. The van der Waals surface area contributed by atoms with Crippen molar-refractivity contribution in [2.24, 2.45) is 0 Å². The lowest BCUT2D eigenvalue weighted by atomic mass is 9.90. The highest BCUT2D eigenvalue weighted by molar-refractivity contribution is 6.24. The van der Waals surface area contributed by atoms with Gasteiger partial charge in [-0.05, 0) is 171 Å². The first-order valence-electron chi connectivity index (χ1n) is 26.1. The Morgan fingerprint density at radius 2 is 0.632 bits per heavy atom. The van der Waals surface area contributed by atoms with Crippen LogP contribution in [0.1, 0.15) is 0 Å². The summed E-state index contributed by atoms with van der Waals surface area (Å²) < 4.78 is 7.28. The summed E-state index contributed by atoms with van der Waals surface area (Å²) in [6.45, 7) is 0. The molecule has 0 bridgehead atoms. The number of rotatable bonds is 8. The highest BCUT2D eigenvalue weighted by atomic mass is 16.3. The van der Waals surface area contributed by atoms with Crippen molar-refractivity contribution >= 4 is 92.9 Å². The minimum atomic E-state index is 0.843. The molecule has 0 aliphatic heterocycles. The zero-order chi connectivity index (χ0) is 50.1. The zero-order valence-corrected chi connectivity index (χ0v) is 41.5. The lowest BCUT2D eigenvalue weighted by Gasteiger charge is -2.26. The summed E-state index contributed by atoms with van der Waals surface area (Å²) in [7, 11) is 0. The van der Waals surface area contributed by atoms with Gasteiger partial charge in [-0.15, -0.1) is 0 Å². The van der Waals surface area contributed by atoms with Crippen LogP contribution in [0.4, 0.5) is 17.1 Å². The van der Waals surface area contributed by atoms with E-state index in [4.69, 9.17) is 4.42 Å². The molecule has 0 N–H and O–H groups in total. The van der Waals surface area contributed by atoms with Crippen LogP contribution in [-0.4, -0.2) is 0 Å². The average Bonchev–Trinajstić information content (AvgIpc) is 3.91. The van der Waals surface area contributed by atoms with Crippen LogP contribution >= 0.6 is 0 Å². The van der Waals surface area contributed by atoms with Gasteiger partial charge in [0, 0.05) is 27.7 Å². The number of para-hydroxylation sites is 1. The van der Waals surface area contributed by atoms with E-state index in [1.807, 2.05) is 0 Å². The minimum absolute atomic E-state index is 0.843. The molecule has 14 aromatic carbocycles. The molecule has 15 aromatic rings. The molecule has 354 valence electrons. The lowest BCUT2D eigenvalue weighted by Crippen LogP contribution is -2.10. The van der Waals surface area contributed by atoms with E-state index in [1.165, 1.54) is 76.5 Å². The molecule has 15 rings (SSSR count). The van der Waals surface area contributed by atoms with E-state index in [-0.39, 0.29) is 0 Å². The van der Waals surface area contributed by atoms with Crippen molar-refractivity contribution in [2.45, 2.75) is 0 Å². The number of fused-ring (bicyclic) bond motifs is 9. The summed E-state index contributed by atoms with van der Waals surface area (Å²) in [5.41, 5.74) is 16.4. The van der Waals surface area contributed by atoms with Gasteiger partial charge >= 0.3 is 0 Å². The van der Waals surface area contributed by atoms with E-state index in [1.54, 1.807) is 0 Å². The van der Waals surface area contributed by atoms with Gasteiger partial charge in [0.15, 0.2) is 5.58 Å². The van der Waals surface area contributed by atoms with Crippen molar-refractivity contribution in [1.82, 2.24) is 0 Å². The molecular formula is C74H47NO. The van der Waals surface area contributed by atoms with Gasteiger partial charge < -0.3 is 9.32 Å². The number of hydrogen-bond acceptors (Lipinski definition) is 2. The minimum Gasteiger partial charge on any atom is -0.453 e. The molecule has 76 heavy (non-hydrogen) atoms. The Balaban J connectivity index is 0.876. The van der Waals surface area contributed by atoms with Crippen LogP contribution in [0.15, 0.2) is 290 Å². The second kappa shape index (κ2) is 17.9. The van der Waals surface area contributed by atoms with Gasteiger partial charge in [-0.25, -0.2) is 0 Å². The normalized spacial score (nSPS) is 11.7. The maximum absolute atomic E-state index is 7.28. The molecule has 0 aliphatic rings. The van der Waals surface area contributed by atoms with Crippen LogP contribution in [-0.2, 0) is 0 Å². The smallest absolute Gasteiger partial charge is 0.160 e. The van der Waals surface area contributed by atoms with Crippen molar-refractivity contribution in [3.63, 3.8) is 0 Å². The molecule has 2 nitrogen and oxygen atoms in total. The second-order valence-electron chi connectivity index (χ2n) is 20.0. The van der Waals surface area contributed by atoms with E-state index in [9.17, 15) is 0 Å². The van der Waals surface area contributed by atoms with Crippen LogP contribution in [0, 0.1) is 0 Å². The third-order valence-electron chi connectivity index (χ3n) is 15.6. The van der Waals surface area contributed by atoms with Crippen molar-refractivity contribution in [2.75, 3.05) is 4.90 Å². The van der Waals surface area contributed by atoms with Crippen molar-refractivity contribution in [3.05, 3.63) is 285 Å². The molecule has 0 spiro atoms. The standard InChI is InChI=1S/C74H47NO/c1-2-15-51(16-3-1)67-23-12-24-68-72-66-22-11-10-21-62(66)47-71(74(72)76-73(67)68)75(64-37-33-50(34-38-64)57-28-29-60-43-61(31-30-59(60)42-57)58-27-25-48-13-4-6-17-53(48)41-58)65-39-35-52(36-40-65)69-45-55-19-8-9-20-56(55)46-70(69)63-32-26-49-14-5-7-18-54(49)44-63/h1-47H. The summed E-state index contributed by atoms with van der Waals surface area (Å²) in [4.78, 5) is 2.38. The SMILES string of the molecule is c1ccc(-c2cccc3c2oc2c(N(c4ccc(-c5ccc6cc(-c7ccc8ccccc8c7)ccc6c5)cc4)c4ccc(-c5cc6ccccc6cc5-c5ccc6ccccc6c5)cc4)cc4ccccc4c23)cc1. The summed E-state index contributed by atoms with van der Waals surface area (Å²) in [5, 5.41) is 14.3. The van der Waals surface area contributed by atoms with Crippen LogP contribution in [0.25, 0.3) is 131 Å². The first kappa shape index (κ1) is 43.6. The monoisotopic (exact) mass is 965 g/mol. The Labute approximate surface area is 440 Å². The molecular weight excluding hydrogens is 919 g/mol. The largest absolute Gasteiger partial charge is 0.453 e. The van der Waals surface area contributed by atoms with Gasteiger partial charge in [-0.1, -0.05) is 218 Å². The van der Waals surface area contributed by atoms with E-state index in [2.05, 4.69) is 290 Å². The van der Waals surface area contributed by atoms with Crippen LogP contribution < -0.4 is 4.90 Å². The molecule has 0 aliphatic carbocycles. The Kier molecular flexibility index (Phi) is 10.2. The number of anilines is 3. The highest BCUT2D eigenvalue weighted by Gasteiger charge is 2.24. The van der Waals surface area contributed by atoms with Crippen molar-refractivity contribution < 1.29 is 4.42 Å². The zero-order valence-electron chi connectivity index (χ0n) is 41.5. The Morgan fingerprint density at radius 1 is 0.224 bits per heavy atom. The van der Waals surface area contributed by atoms with Crippen LogP contribution in [0.3, 0.4) is 0 Å². The number of furan rings is 1. The quantitative estimate of drug-likeness (QED) is 0.151. The first-order chi connectivity index (χ1) is 37.6. The third kappa shape index (κ3) is 7.50. The fraction of sp³-hybridized carbons (Fsp3) is 0. The molecule has 0 amide bonds. The van der Waals surface area contributed by atoms with E-state index in [0.29, 0.717) is 0 Å². The van der Waals surface area contributed by atoms with Gasteiger partial charge in [0.2, 0.25) is 0 Å². The van der Waals surface area contributed by atoms with Gasteiger partial charge in [-0.3, -0.25) is 0 Å². The van der Waals surface area contributed by atoms with Crippen LogP contribution in [0.5, 0.6) is 0 Å². The van der Waals surface area contributed by atoms with Gasteiger partial charge in [-0.2, -0.15) is 0 Å². The number of benzene rings is 14. The van der Waals surface area contributed by atoms with Crippen molar-refractivity contribution in [1.29, 1.82) is 0 Å². The molecule has 0 radical (unpaired) electrons. The van der Waals surface area contributed by atoms with Gasteiger partial charge in [0.1, 0.15) is 5.58 Å². The van der Waals surface area contributed by atoms with Crippen LogP contribution in [0.2, 0.25) is 0 Å². The lowest BCUT2D eigenvalue weighted by molar-refractivity contribution is 0.670. The Hall–Kier alpha value is -10.0. The fourth-order valence-electron chi connectivity index (χ4n) is 11.7. The molecule has 1 heterocycles. The summed E-state index contributed by atoms with van der Waals surface area (Å²) in [6.07, 6.45) is 0. The predicted octanol–water partition coefficient (Wildman–Crippen LogP) is 21.2. The van der Waals surface area contributed by atoms with E-state index in [0.717, 1.165) is 72.0 Å². The fourth-order valence-corrected chi connectivity index (χ4v) is 11.7. The van der Waals surface area contributed by atoms with Gasteiger partial charge in [0.05, 0.1) is 5.69 Å². The van der Waals surface area contributed by atoms with E-state index >= 15 is 0 Å². The average molecular weight is 966 g/mol. The summed E-state index contributed by atoms with van der Waals surface area (Å²) in [5.74, 6) is 0. The first-order valence-corrected chi connectivity index (χ1v) is 26.1. The second-order valence-corrected chi connectivity index (χ2v) is 20.0. The highest BCUT2D eigenvalue weighted by Crippen LogP contribution is 2.48. The third-order valence-corrected chi connectivity index (χ3v) is 15.6. The van der Waals surface area contributed by atoms with E-state index < -0.39 is 0 Å². The summed E-state index contributed by atoms with van der Waals surface area (Å²) >= 11 is 0. The van der Waals surface area contributed by atoms with Crippen molar-refractivity contribution in [3.8, 4) is 55.6 Å². The molecule has 0 saturated carbocycles. The Bertz CT molecular complexity index is 4740. The maximum Gasteiger partial charge on any atom is 0.160 e. The molecule has 0 unspecified atom stereocenters. The molecule has 1 aromatic heterocycles. The topological polar surface area (TPSA) is 16.4 Å². The molecule has 0 saturated heterocycles. The molecule has 2 heteroatoms. The summed E-state index contributed by atoms with van der Waals surface area (Å²) in [6, 6.07) is 104. The Morgan fingerprint density at radius 3 is 1.24 bits per heavy atom. The molecule has 0 atom stereocenters. The van der Waals surface area contributed by atoms with Gasteiger partial charge in [0.25, 0.3) is 0 Å². The number of nitrogens with zero attached hydrogens (tertiary/aromatic N) is 1.